The van der Waals surface area contributed by atoms with Crippen LogP contribution in [0.1, 0.15) is 13.8 Å². The largest absolute Gasteiger partial charge is 0.435 e. The zero-order chi connectivity index (χ0) is 14.5. The second-order valence-corrected chi connectivity index (χ2v) is 6.55. The molecule has 1 aromatic rings. The van der Waals surface area contributed by atoms with Crippen LogP contribution in [0.3, 0.4) is 0 Å². The molecule has 0 aliphatic rings. The maximum absolute atomic E-state index is 12.1. The lowest BCUT2D eigenvalue weighted by atomic mass is 10.2. The lowest BCUT2D eigenvalue weighted by Crippen LogP contribution is -2.26. The van der Waals surface area contributed by atoms with Crippen LogP contribution in [-0.2, 0) is 9.84 Å². The zero-order valence-electron chi connectivity index (χ0n) is 10.8. The summed E-state index contributed by atoms with van der Waals surface area (Å²) in [5.41, 5.74) is 0.539. The Morgan fingerprint density at radius 3 is 2.63 bits per heavy atom. The Morgan fingerprint density at radius 1 is 1.37 bits per heavy atom. The van der Waals surface area contributed by atoms with Crippen LogP contribution in [0.15, 0.2) is 24.3 Å². The SMILES string of the molecule is CCS(=O)(=O)CC(C)Nc1cccc(OC(F)F)c1. The highest BCUT2D eigenvalue weighted by Crippen LogP contribution is 2.20. The molecule has 0 aliphatic carbocycles. The van der Waals surface area contributed by atoms with E-state index in [1.807, 2.05) is 0 Å². The average molecular weight is 293 g/mol. The van der Waals surface area contributed by atoms with E-state index in [0.717, 1.165) is 0 Å². The van der Waals surface area contributed by atoms with E-state index in [1.54, 1.807) is 26.0 Å². The maximum atomic E-state index is 12.1. The Balaban J connectivity index is 2.66. The molecule has 1 unspecified atom stereocenters. The van der Waals surface area contributed by atoms with E-state index in [2.05, 4.69) is 10.1 Å². The fourth-order valence-electron chi connectivity index (χ4n) is 1.59. The van der Waals surface area contributed by atoms with Crippen molar-refractivity contribution in [2.45, 2.75) is 26.5 Å². The van der Waals surface area contributed by atoms with Gasteiger partial charge in [-0.25, -0.2) is 8.42 Å². The van der Waals surface area contributed by atoms with E-state index < -0.39 is 16.4 Å². The standard InChI is InChI=1S/C12H17F2NO3S/c1-3-19(16,17)8-9(2)15-10-5-4-6-11(7-10)18-12(13)14/h4-7,9,12,15H,3,8H2,1-2H3. The van der Waals surface area contributed by atoms with E-state index in [-0.39, 0.29) is 23.3 Å². The molecule has 0 radical (unpaired) electrons. The van der Waals surface area contributed by atoms with Crippen molar-refractivity contribution in [2.75, 3.05) is 16.8 Å². The summed E-state index contributed by atoms with van der Waals surface area (Å²) in [6.45, 7) is 0.417. The summed E-state index contributed by atoms with van der Waals surface area (Å²) < 4.78 is 51.3. The van der Waals surface area contributed by atoms with Crippen LogP contribution < -0.4 is 10.1 Å². The summed E-state index contributed by atoms with van der Waals surface area (Å²) in [5.74, 6) is 0.0994. The Hall–Kier alpha value is -1.37. The van der Waals surface area contributed by atoms with Gasteiger partial charge in [-0.15, -0.1) is 0 Å². The second-order valence-electron chi connectivity index (χ2n) is 4.15. The number of ether oxygens (including phenoxy) is 1. The number of rotatable bonds is 7. The molecule has 0 saturated carbocycles. The van der Waals surface area contributed by atoms with Gasteiger partial charge in [-0.05, 0) is 19.1 Å². The molecule has 7 heteroatoms. The van der Waals surface area contributed by atoms with Crippen molar-refractivity contribution in [1.29, 1.82) is 0 Å². The summed E-state index contributed by atoms with van der Waals surface area (Å²) in [7, 11) is -3.08. The van der Waals surface area contributed by atoms with Gasteiger partial charge in [0.05, 0.1) is 5.75 Å². The maximum Gasteiger partial charge on any atom is 0.387 e. The van der Waals surface area contributed by atoms with Gasteiger partial charge in [0.15, 0.2) is 9.84 Å². The fourth-order valence-corrected chi connectivity index (χ4v) is 2.67. The number of halogens is 2. The van der Waals surface area contributed by atoms with Crippen molar-refractivity contribution >= 4 is 15.5 Å². The van der Waals surface area contributed by atoms with Gasteiger partial charge in [-0.1, -0.05) is 13.0 Å². The molecule has 1 aromatic carbocycles. The normalized spacial score (nSPS) is 13.3. The monoisotopic (exact) mass is 293 g/mol. The average Bonchev–Trinajstić information content (AvgIpc) is 2.27. The number of anilines is 1. The molecule has 0 bridgehead atoms. The number of sulfone groups is 1. The molecule has 19 heavy (non-hydrogen) atoms. The summed E-state index contributed by atoms with van der Waals surface area (Å²) in [5, 5.41) is 2.94. The third kappa shape index (κ3) is 5.87. The number of alkyl halides is 2. The van der Waals surface area contributed by atoms with Crippen molar-refractivity contribution in [3.8, 4) is 5.75 Å². The Morgan fingerprint density at radius 2 is 2.05 bits per heavy atom. The number of benzene rings is 1. The smallest absolute Gasteiger partial charge is 0.387 e. The quantitative estimate of drug-likeness (QED) is 0.839. The van der Waals surface area contributed by atoms with Crippen molar-refractivity contribution in [3.05, 3.63) is 24.3 Å². The van der Waals surface area contributed by atoms with Gasteiger partial charge in [0, 0.05) is 23.5 Å². The first-order chi connectivity index (χ1) is 8.82. The van der Waals surface area contributed by atoms with Crippen molar-refractivity contribution in [1.82, 2.24) is 0 Å². The van der Waals surface area contributed by atoms with Crippen LogP contribution in [0.5, 0.6) is 5.75 Å². The van der Waals surface area contributed by atoms with Gasteiger partial charge >= 0.3 is 6.61 Å². The van der Waals surface area contributed by atoms with Gasteiger partial charge in [0.25, 0.3) is 0 Å². The van der Waals surface area contributed by atoms with Crippen molar-refractivity contribution < 1.29 is 21.9 Å². The summed E-state index contributed by atoms with van der Waals surface area (Å²) in [6.07, 6.45) is 0. The van der Waals surface area contributed by atoms with E-state index in [0.29, 0.717) is 5.69 Å². The predicted molar refractivity (Wildman–Crippen MR) is 70.5 cm³/mol. The zero-order valence-corrected chi connectivity index (χ0v) is 11.6. The van der Waals surface area contributed by atoms with Crippen LogP contribution in [0.2, 0.25) is 0 Å². The topological polar surface area (TPSA) is 55.4 Å². The Kier molecular flexibility index (Phi) is 5.53. The minimum absolute atomic E-state index is 0.0105. The predicted octanol–water partition coefficient (Wildman–Crippen LogP) is 2.52. The van der Waals surface area contributed by atoms with Crippen molar-refractivity contribution in [2.24, 2.45) is 0 Å². The summed E-state index contributed by atoms with van der Waals surface area (Å²) in [4.78, 5) is 0. The molecular weight excluding hydrogens is 276 g/mol. The van der Waals surface area contributed by atoms with E-state index >= 15 is 0 Å². The first kappa shape index (κ1) is 15.7. The molecule has 0 saturated heterocycles. The number of hydrogen-bond acceptors (Lipinski definition) is 4. The van der Waals surface area contributed by atoms with Crippen molar-refractivity contribution in [3.63, 3.8) is 0 Å². The van der Waals surface area contributed by atoms with Crippen LogP contribution in [0, 0.1) is 0 Å². The lowest BCUT2D eigenvalue weighted by Gasteiger charge is -2.15. The molecule has 0 aromatic heterocycles. The highest BCUT2D eigenvalue weighted by atomic mass is 32.2. The number of nitrogens with one attached hydrogen (secondary N) is 1. The summed E-state index contributed by atoms with van der Waals surface area (Å²) in [6, 6.07) is 5.72. The van der Waals surface area contributed by atoms with Crippen LogP contribution in [0.25, 0.3) is 0 Å². The molecule has 0 spiro atoms. The third-order valence-corrected chi connectivity index (χ3v) is 4.30. The molecule has 0 amide bonds. The fraction of sp³-hybridized carbons (Fsp3) is 0.500. The van der Waals surface area contributed by atoms with E-state index in [4.69, 9.17) is 0 Å². The van der Waals surface area contributed by atoms with Gasteiger partial charge in [-0.3, -0.25) is 0 Å². The second kappa shape index (κ2) is 6.70. The first-order valence-corrected chi connectivity index (χ1v) is 7.66. The highest BCUT2D eigenvalue weighted by molar-refractivity contribution is 7.91. The molecule has 0 fully saturated rings. The Bertz CT molecular complexity index is 505. The molecule has 1 N–H and O–H groups in total. The molecule has 0 aliphatic heterocycles. The van der Waals surface area contributed by atoms with E-state index in [9.17, 15) is 17.2 Å². The lowest BCUT2D eigenvalue weighted by molar-refractivity contribution is -0.0498. The molecule has 1 atom stereocenters. The van der Waals surface area contributed by atoms with Crippen LogP contribution in [-0.4, -0.2) is 32.6 Å². The molecule has 1 rings (SSSR count). The molecule has 0 heterocycles. The van der Waals surface area contributed by atoms with Gasteiger partial charge in [0.1, 0.15) is 5.75 Å². The van der Waals surface area contributed by atoms with E-state index in [1.165, 1.54) is 12.1 Å². The summed E-state index contributed by atoms with van der Waals surface area (Å²) >= 11 is 0. The van der Waals surface area contributed by atoms with Gasteiger partial charge in [0.2, 0.25) is 0 Å². The molecule has 108 valence electrons. The third-order valence-electron chi connectivity index (χ3n) is 2.42. The van der Waals surface area contributed by atoms with Gasteiger partial charge < -0.3 is 10.1 Å². The first-order valence-electron chi connectivity index (χ1n) is 5.84. The minimum atomic E-state index is -3.08. The highest BCUT2D eigenvalue weighted by Gasteiger charge is 2.13. The number of hydrogen-bond donors (Lipinski definition) is 1. The van der Waals surface area contributed by atoms with Crippen LogP contribution >= 0.6 is 0 Å². The Labute approximate surface area is 111 Å². The molecule has 4 nitrogen and oxygen atoms in total. The molecular formula is C12H17F2NO3S. The van der Waals surface area contributed by atoms with Gasteiger partial charge in [-0.2, -0.15) is 8.78 Å². The minimum Gasteiger partial charge on any atom is -0.435 e. The van der Waals surface area contributed by atoms with Crippen LogP contribution in [0.4, 0.5) is 14.5 Å².